The molecule has 21 heavy (non-hydrogen) atoms. The van der Waals surface area contributed by atoms with Gasteiger partial charge in [0.2, 0.25) is 0 Å². The number of hydrogen-bond acceptors (Lipinski definition) is 0. The van der Waals surface area contributed by atoms with E-state index in [4.69, 9.17) is 0 Å². The monoisotopic (exact) mass is 536 g/mol. The molecule has 0 aromatic carbocycles. The van der Waals surface area contributed by atoms with Crippen molar-refractivity contribution in [3.63, 3.8) is 0 Å². The van der Waals surface area contributed by atoms with Gasteiger partial charge in [0.25, 0.3) is 0 Å². The van der Waals surface area contributed by atoms with Gasteiger partial charge in [-0.3, -0.25) is 0 Å². The normalized spacial score (nSPS) is 13.9. The van der Waals surface area contributed by atoms with Gasteiger partial charge in [-0.25, -0.2) is 0 Å². The van der Waals surface area contributed by atoms with Crippen LogP contribution in [0.4, 0.5) is 0 Å². The zero-order valence-electron chi connectivity index (χ0n) is 16.5. The second-order valence-electron chi connectivity index (χ2n) is 10.2. The van der Waals surface area contributed by atoms with E-state index >= 15 is 0 Å². The standard InChI is InChI=1S/C17H36Ge4/c1-18(2,3)16-14-13-15-17(19(4,5)6,20(7,8)9)21(10,11)12/h1-12H3. The molecule has 0 radical (unpaired) electrons. The molecular formula is C17H36Ge4. The average molecular weight is 531 g/mol. The van der Waals surface area contributed by atoms with Crippen molar-refractivity contribution in [2.24, 2.45) is 0 Å². The molecule has 0 aliphatic rings. The van der Waals surface area contributed by atoms with E-state index in [1.807, 2.05) is 0 Å². The molecule has 0 atom stereocenters. The predicted molar refractivity (Wildman–Crippen MR) is 112 cm³/mol. The van der Waals surface area contributed by atoms with Crippen LogP contribution < -0.4 is 0 Å². The fourth-order valence-corrected chi connectivity index (χ4v) is 95.7. The Labute approximate surface area is 145 Å². The number of hydrogen-bond donors (Lipinski definition) is 0. The van der Waals surface area contributed by atoms with Crippen LogP contribution in [-0.4, -0.2) is 53.1 Å². The van der Waals surface area contributed by atoms with Gasteiger partial charge < -0.3 is 0 Å². The van der Waals surface area contributed by atoms with Gasteiger partial charge in [0.1, 0.15) is 0 Å². The molecule has 0 nitrogen and oxygen atoms in total. The van der Waals surface area contributed by atoms with Gasteiger partial charge in [-0.15, -0.1) is 0 Å². The summed E-state index contributed by atoms with van der Waals surface area (Å²) in [6.45, 7) is 0. The van der Waals surface area contributed by atoms with Crippen molar-refractivity contribution >= 4 is 53.1 Å². The van der Waals surface area contributed by atoms with Gasteiger partial charge in [-0.2, -0.15) is 0 Å². The summed E-state index contributed by atoms with van der Waals surface area (Å²) in [6.07, 6.45) is 0. The van der Waals surface area contributed by atoms with Crippen molar-refractivity contribution in [3.05, 3.63) is 0 Å². The molecule has 0 unspecified atom stereocenters. The van der Waals surface area contributed by atoms with Gasteiger partial charge in [-0.1, -0.05) is 0 Å². The minimum atomic E-state index is -1.93. The molecule has 0 aromatic rings. The van der Waals surface area contributed by atoms with Crippen molar-refractivity contribution < 1.29 is 0 Å². The van der Waals surface area contributed by atoms with Crippen molar-refractivity contribution in [1.29, 1.82) is 0 Å². The first kappa shape index (κ1) is 22.3. The van der Waals surface area contributed by atoms with Gasteiger partial charge >= 0.3 is 147 Å². The first-order chi connectivity index (χ1) is 8.96. The van der Waals surface area contributed by atoms with E-state index in [1.54, 1.807) is 0 Å². The van der Waals surface area contributed by atoms with E-state index in [9.17, 15) is 0 Å². The Morgan fingerprint density at radius 3 is 1.10 bits per heavy atom. The van der Waals surface area contributed by atoms with Crippen LogP contribution in [0.5, 0.6) is 0 Å². The molecule has 0 N–H and O–H groups in total. The van der Waals surface area contributed by atoms with Gasteiger partial charge in [0, 0.05) is 0 Å². The second kappa shape index (κ2) is 7.04. The summed E-state index contributed by atoms with van der Waals surface area (Å²) in [5, 5.41) is 0. The third kappa shape index (κ3) is 5.70. The van der Waals surface area contributed by atoms with E-state index in [1.165, 1.54) is 0 Å². The zero-order valence-corrected chi connectivity index (χ0v) is 24.9. The molecule has 0 fully saturated rings. The summed E-state index contributed by atoms with van der Waals surface area (Å²) >= 11 is -7.57. The third-order valence-electron chi connectivity index (χ3n) is 4.12. The molecule has 0 spiro atoms. The summed E-state index contributed by atoms with van der Waals surface area (Å²) in [7, 11) is 0. The molecule has 120 valence electrons. The van der Waals surface area contributed by atoms with Crippen molar-refractivity contribution in [2.75, 3.05) is 0 Å². The molecule has 0 heterocycles. The van der Waals surface area contributed by atoms with Crippen LogP contribution in [0.3, 0.4) is 0 Å². The minimum absolute atomic E-state index is 0.458. The first-order valence-corrected chi connectivity index (χ1v) is 37.4. The summed E-state index contributed by atoms with van der Waals surface area (Å²) in [5.41, 5.74) is 0. The second-order valence-corrected chi connectivity index (χ2v) is 59.9. The Hall–Kier alpha value is 1.29. The number of rotatable bonds is 3. The zero-order chi connectivity index (χ0) is 17.3. The summed E-state index contributed by atoms with van der Waals surface area (Å²) < 4.78 is 3.93. The SMILES string of the molecule is [CH3][Ge]([CH3])([CH3])[C]#CC#C[C]([Ge]([CH3])([CH3])[CH3])([Ge]([CH3])([CH3])[CH3])[Ge]([CH3])([CH3])[CH3]. The van der Waals surface area contributed by atoms with Crippen LogP contribution >= 0.6 is 0 Å². The van der Waals surface area contributed by atoms with Gasteiger partial charge in [0.05, 0.1) is 0 Å². The van der Waals surface area contributed by atoms with Gasteiger partial charge in [0.15, 0.2) is 0 Å². The van der Waals surface area contributed by atoms with E-state index in [-0.39, 0.29) is 0 Å². The van der Waals surface area contributed by atoms with Crippen LogP contribution in [0.15, 0.2) is 0 Å². The van der Waals surface area contributed by atoms with Crippen LogP contribution in [-0.2, 0) is 0 Å². The molecule has 0 aliphatic carbocycles. The van der Waals surface area contributed by atoms with Gasteiger partial charge in [-0.05, 0) is 0 Å². The Morgan fingerprint density at radius 2 is 0.857 bits per heavy atom. The predicted octanol–water partition coefficient (Wildman–Crippen LogP) is 5.70. The summed E-state index contributed by atoms with van der Waals surface area (Å²) in [5.74, 6) is 40.9. The van der Waals surface area contributed by atoms with E-state index in [0.717, 1.165) is 0 Å². The fourth-order valence-electron chi connectivity index (χ4n) is 4.28. The van der Waals surface area contributed by atoms with Crippen molar-refractivity contribution in [2.45, 2.75) is 71.0 Å². The molecule has 0 aliphatic heterocycles. The van der Waals surface area contributed by atoms with Crippen molar-refractivity contribution in [3.8, 4) is 22.5 Å². The van der Waals surface area contributed by atoms with E-state index in [0.29, 0.717) is 1.91 Å². The fraction of sp³-hybridized carbons (Fsp3) is 0.765. The Balaban J connectivity index is 6.22. The molecule has 0 rings (SSSR count). The third-order valence-corrected chi connectivity index (χ3v) is 70.0. The maximum absolute atomic E-state index is 3.88. The van der Waals surface area contributed by atoms with Crippen LogP contribution in [0.1, 0.15) is 0 Å². The molecule has 0 saturated heterocycles. The van der Waals surface area contributed by atoms with E-state index < -0.39 is 53.1 Å². The van der Waals surface area contributed by atoms with Crippen LogP contribution in [0, 0.1) is 22.5 Å². The molecular weight excluding hydrogens is 495 g/mol. The molecule has 0 saturated carbocycles. The molecule has 0 amide bonds. The summed E-state index contributed by atoms with van der Waals surface area (Å²) in [4.78, 5) is 0. The Bertz CT molecular complexity index is 446. The Morgan fingerprint density at radius 1 is 0.524 bits per heavy atom. The molecule has 0 bridgehead atoms. The van der Waals surface area contributed by atoms with Crippen LogP contribution in [0.25, 0.3) is 0 Å². The molecule has 0 aromatic heterocycles. The topological polar surface area (TPSA) is 0 Å². The molecule has 4 heteroatoms. The summed E-state index contributed by atoms with van der Waals surface area (Å²) in [6, 6.07) is 0. The van der Waals surface area contributed by atoms with Crippen molar-refractivity contribution in [1.82, 2.24) is 0 Å². The maximum atomic E-state index is 3.88. The quantitative estimate of drug-likeness (QED) is 0.324. The van der Waals surface area contributed by atoms with E-state index in [2.05, 4.69) is 91.6 Å². The average Bonchev–Trinajstić information content (AvgIpc) is 2.08. The Kier molecular flexibility index (Phi) is 7.47. The van der Waals surface area contributed by atoms with Crippen LogP contribution in [0.2, 0.25) is 71.0 Å². The first-order valence-electron chi connectivity index (χ1n) is 8.00.